The second-order valence-electron chi connectivity index (χ2n) is 3.66. The van der Waals surface area contributed by atoms with Crippen LogP contribution in [0, 0.1) is 0 Å². The van der Waals surface area contributed by atoms with Gasteiger partial charge in [-0.15, -0.1) is 0 Å². The molecule has 0 aliphatic carbocycles. The molecular formula is C11H14N2O3. The van der Waals surface area contributed by atoms with Crippen LogP contribution in [0.5, 0.6) is 0 Å². The SMILES string of the molecule is O=C(Nc1cccc(CO)n1)C1CCCO1. The van der Waals surface area contributed by atoms with Crippen molar-refractivity contribution >= 4 is 11.7 Å². The first-order valence-corrected chi connectivity index (χ1v) is 5.29. The number of nitrogens with zero attached hydrogens (tertiary/aromatic N) is 1. The number of anilines is 1. The summed E-state index contributed by atoms with van der Waals surface area (Å²) in [6, 6.07) is 5.12. The molecule has 1 aromatic heterocycles. The molecule has 16 heavy (non-hydrogen) atoms. The number of hydrogen-bond donors (Lipinski definition) is 2. The summed E-state index contributed by atoms with van der Waals surface area (Å²) in [7, 11) is 0. The van der Waals surface area contributed by atoms with Gasteiger partial charge in [0, 0.05) is 6.61 Å². The third-order valence-corrected chi connectivity index (χ3v) is 2.44. The highest BCUT2D eigenvalue weighted by atomic mass is 16.5. The number of amides is 1. The molecule has 0 bridgehead atoms. The molecule has 1 amide bonds. The van der Waals surface area contributed by atoms with Crippen LogP contribution < -0.4 is 5.32 Å². The maximum Gasteiger partial charge on any atom is 0.254 e. The van der Waals surface area contributed by atoms with Crippen molar-refractivity contribution in [3.8, 4) is 0 Å². The smallest absolute Gasteiger partial charge is 0.254 e. The van der Waals surface area contributed by atoms with E-state index in [4.69, 9.17) is 9.84 Å². The molecule has 1 unspecified atom stereocenters. The van der Waals surface area contributed by atoms with Crippen LogP contribution in [-0.4, -0.2) is 28.7 Å². The highest BCUT2D eigenvalue weighted by Gasteiger charge is 2.23. The van der Waals surface area contributed by atoms with E-state index in [2.05, 4.69) is 10.3 Å². The van der Waals surface area contributed by atoms with Gasteiger partial charge in [-0.1, -0.05) is 6.07 Å². The number of aliphatic hydroxyl groups is 1. The lowest BCUT2D eigenvalue weighted by molar-refractivity contribution is -0.124. The molecule has 1 aliphatic rings. The van der Waals surface area contributed by atoms with Crippen molar-refractivity contribution in [3.05, 3.63) is 23.9 Å². The van der Waals surface area contributed by atoms with Crippen molar-refractivity contribution in [1.82, 2.24) is 4.98 Å². The zero-order chi connectivity index (χ0) is 11.4. The second kappa shape index (κ2) is 5.05. The Hall–Kier alpha value is -1.46. The Kier molecular flexibility index (Phi) is 3.48. The number of aliphatic hydroxyl groups excluding tert-OH is 1. The molecule has 0 radical (unpaired) electrons. The normalized spacial score (nSPS) is 19.7. The van der Waals surface area contributed by atoms with Crippen LogP contribution in [0.3, 0.4) is 0 Å². The summed E-state index contributed by atoms with van der Waals surface area (Å²) < 4.78 is 5.25. The van der Waals surface area contributed by atoms with Crippen LogP contribution >= 0.6 is 0 Å². The molecule has 5 heteroatoms. The van der Waals surface area contributed by atoms with Gasteiger partial charge in [0.15, 0.2) is 0 Å². The summed E-state index contributed by atoms with van der Waals surface area (Å²) >= 11 is 0. The lowest BCUT2D eigenvalue weighted by atomic mass is 10.2. The number of hydrogen-bond acceptors (Lipinski definition) is 4. The summed E-state index contributed by atoms with van der Waals surface area (Å²) in [5.74, 6) is 0.284. The van der Waals surface area contributed by atoms with Gasteiger partial charge in [-0.2, -0.15) is 0 Å². The summed E-state index contributed by atoms with van der Waals surface area (Å²) in [4.78, 5) is 15.7. The maximum absolute atomic E-state index is 11.7. The van der Waals surface area contributed by atoms with Crippen molar-refractivity contribution in [2.75, 3.05) is 11.9 Å². The third kappa shape index (κ3) is 2.56. The van der Waals surface area contributed by atoms with E-state index < -0.39 is 0 Å². The van der Waals surface area contributed by atoms with Crippen molar-refractivity contribution in [2.24, 2.45) is 0 Å². The zero-order valence-electron chi connectivity index (χ0n) is 8.85. The lowest BCUT2D eigenvalue weighted by Gasteiger charge is -2.10. The molecule has 2 N–H and O–H groups in total. The minimum absolute atomic E-state index is 0.135. The van der Waals surface area contributed by atoms with Gasteiger partial charge in [-0.25, -0.2) is 4.98 Å². The molecule has 1 aliphatic heterocycles. The molecule has 2 heterocycles. The average Bonchev–Trinajstić information content (AvgIpc) is 2.83. The summed E-state index contributed by atoms with van der Waals surface area (Å²) in [6.07, 6.45) is 1.31. The minimum Gasteiger partial charge on any atom is -0.390 e. The molecule has 86 valence electrons. The fourth-order valence-electron chi connectivity index (χ4n) is 1.63. The number of rotatable bonds is 3. The molecule has 1 fully saturated rings. The molecule has 1 saturated heterocycles. The Balaban J connectivity index is 1.99. The highest BCUT2D eigenvalue weighted by molar-refractivity contribution is 5.93. The van der Waals surface area contributed by atoms with E-state index in [1.54, 1.807) is 18.2 Å². The largest absolute Gasteiger partial charge is 0.390 e. The van der Waals surface area contributed by atoms with Crippen LogP contribution in [0.4, 0.5) is 5.82 Å². The maximum atomic E-state index is 11.7. The first-order chi connectivity index (χ1) is 7.79. The number of ether oxygens (including phenoxy) is 1. The Morgan fingerprint density at radius 1 is 1.62 bits per heavy atom. The number of pyridine rings is 1. The van der Waals surface area contributed by atoms with Crippen molar-refractivity contribution in [2.45, 2.75) is 25.6 Å². The zero-order valence-corrected chi connectivity index (χ0v) is 8.85. The summed E-state index contributed by atoms with van der Waals surface area (Å²) in [6.45, 7) is 0.506. The Bertz CT molecular complexity index is 375. The van der Waals surface area contributed by atoms with Crippen LogP contribution in [-0.2, 0) is 16.1 Å². The fourth-order valence-corrected chi connectivity index (χ4v) is 1.63. The van der Waals surface area contributed by atoms with Crippen LogP contribution in [0.1, 0.15) is 18.5 Å². The van der Waals surface area contributed by atoms with Gasteiger partial charge >= 0.3 is 0 Å². The van der Waals surface area contributed by atoms with Crippen LogP contribution in [0.15, 0.2) is 18.2 Å². The Morgan fingerprint density at radius 2 is 2.50 bits per heavy atom. The molecule has 1 atom stereocenters. The van der Waals surface area contributed by atoms with E-state index >= 15 is 0 Å². The van der Waals surface area contributed by atoms with E-state index in [9.17, 15) is 4.79 Å². The Labute approximate surface area is 93.5 Å². The monoisotopic (exact) mass is 222 g/mol. The Morgan fingerprint density at radius 3 is 3.19 bits per heavy atom. The molecular weight excluding hydrogens is 208 g/mol. The van der Waals surface area contributed by atoms with Crippen molar-refractivity contribution in [1.29, 1.82) is 0 Å². The van der Waals surface area contributed by atoms with E-state index in [0.717, 1.165) is 12.8 Å². The van der Waals surface area contributed by atoms with Gasteiger partial charge < -0.3 is 15.2 Å². The molecule has 1 aromatic rings. The average molecular weight is 222 g/mol. The molecule has 0 saturated carbocycles. The fraction of sp³-hybridized carbons (Fsp3) is 0.455. The first kappa shape index (κ1) is 11.0. The van der Waals surface area contributed by atoms with E-state index in [1.165, 1.54) is 0 Å². The molecule has 0 spiro atoms. The van der Waals surface area contributed by atoms with E-state index in [1.807, 2.05) is 0 Å². The second-order valence-corrected chi connectivity index (χ2v) is 3.66. The topological polar surface area (TPSA) is 71.5 Å². The first-order valence-electron chi connectivity index (χ1n) is 5.29. The molecule has 2 rings (SSSR count). The van der Waals surface area contributed by atoms with Crippen LogP contribution in [0.2, 0.25) is 0 Å². The summed E-state index contributed by atoms with van der Waals surface area (Å²) in [5, 5.41) is 11.6. The minimum atomic E-state index is -0.361. The summed E-state index contributed by atoms with van der Waals surface area (Å²) in [5.41, 5.74) is 0.533. The number of aromatic nitrogens is 1. The van der Waals surface area contributed by atoms with Crippen molar-refractivity contribution < 1.29 is 14.6 Å². The van der Waals surface area contributed by atoms with Gasteiger partial charge in [0.2, 0.25) is 0 Å². The standard InChI is InChI=1S/C11H14N2O3/c14-7-8-3-1-5-10(12-8)13-11(15)9-4-2-6-16-9/h1,3,5,9,14H,2,4,6-7H2,(H,12,13,15). The quantitative estimate of drug-likeness (QED) is 0.789. The van der Waals surface area contributed by atoms with E-state index in [0.29, 0.717) is 18.1 Å². The number of nitrogens with one attached hydrogen (secondary N) is 1. The number of carbonyl (C=O) groups is 1. The third-order valence-electron chi connectivity index (χ3n) is 2.44. The van der Waals surface area contributed by atoms with E-state index in [-0.39, 0.29) is 18.6 Å². The number of carbonyl (C=O) groups excluding carboxylic acids is 1. The molecule has 0 aromatic carbocycles. The van der Waals surface area contributed by atoms with Gasteiger partial charge in [0.25, 0.3) is 5.91 Å². The van der Waals surface area contributed by atoms with Crippen LogP contribution in [0.25, 0.3) is 0 Å². The molecule has 5 nitrogen and oxygen atoms in total. The van der Waals surface area contributed by atoms with Gasteiger partial charge in [0.05, 0.1) is 12.3 Å². The lowest BCUT2D eigenvalue weighted by Crippen LogP contribution is -2.27. The predicted molar refractivity (Wildman–Crippen MR) is 57.8 cm³/mol. The van der Waals surface area contributed by atoms with Gasteiger partial charge in [-0.3, -0.25) is 4.79 Å². The van der Waals surface area contributed by atoms with Crippen molar-refractivity contribution in [3.63, 3.8) is 0 Å². The van der Waals surface area contributed by atoms with Gasteiger partial charge in [-0.05, 0) is 25.0 Å². The van der Waals surface area contributed by atoms with Gasteiger partial charge in [0.1, 0.15) is 11.9 Å². The highest BCUT2D eigenvalue weighted by Crippen LogP contribution is 2.14. The predicted octanol–water partition coefficient (Wildman–Crippen LogP) is 0.691.